The highest BCUT2D eigenvalue weighted by molar-refractivity contribution is 6.44. The first-order valence-corrected chi connectivity index (χ1v) is 15.2. The van der Waals surface area contributed by atoms with E-state index in [2.05, 4.69) is 15.0 Å². The molecule has 10 heteroatoms. The molecule has 1 aromatic heterocycles. The molecule has 1 amide bonds. The summed E-state index contributed by atoms with van der Waals surface area (Å²) in [5, 5.41) is 13.2. The first kappa shape index (κ1) is 27.9. The van der Waals surface area contributed by atoms with Crippen LogP contribution in [0.25, 0.3) is 11.0 Å². The number of para-hydroxylation sites is 2. The second-order valence-corrected chi connectivity index (χ2v) is 13.2. The van der Waals surface area contributed by atoms with Gasteiger partial charge in [-0.15, -0.1) is 0 Å². The molecule has 4 fully saturated rings. The summed E-state index contributed by atoms with van der Waals surface area (Å²) in [5.74, 6) is -0.554. The number of carbonyl (C=O) groups is 2. The number of nitrogens with zero attached hydrogens (tertiary/aromatic N) is 4. The van der Waals surface area contributed by atoms with Gasteiger partial charge in [-0.1, -0.05) is 43.0 Å². The van der Waals surface area contributed by atoms with Gasteiger partial charge in [-0.2, -0.15) is 0 Å². The SMILES string of the molecule is CC(C)(O/N=C(\C(N)=O)c1nc2ccccc2n(C2C[C@H]3CCC[C@@H](C2)N3C2C[C@H]3CCC[C@@H](C2)C3)c1=O)C(=O)O. The third kappa shape index (κ3) is 5.27. The molecule has 2 aromatic rings. The molecule has 4 aliphatic rings. The summed E-state index contributed by atoms with van der Waals surface area (Å²) < 4.78 is 1.79. The number of primary amides is 1. The highest BCUT2D eigenvalue weighted by atomic mass is 16.7. The Labute approximate surface area is 239 Å². The van der Waals surface area contributed by atoms with Crippen molar-refractivity contribution in [2.45, 2.75) is 114 Å². The van der Waals surface area contributed by atoms with E-state index in [1.54, 1.807) is 10.6 Å². The van der Waals surface area contributed by atoms with E-state index in [0.717, 1.165) is 37.5 Å². The maximum atomic E-state index is 14.1. The van der Waals surface area contributed by atoms with Crippen LogP contribution >= 0.6 is 0 Å². The summed E-state index contributed by atoms with van der Waals surface area (Å²) in [5.41, 5.74) is 4.01. The number of hydrogen-bond acceptors (Lipinski definition) is 7. The molecule has 2 unspecified atom stereocenters. The predicted octanol–water partition coefficient (Wildman–Crippen LogP) is 3.99. The van der Waals surface area contributed by atoms with Crippen LogP contribution in [-0.4, -0.2) is 60.9 Å². The quantitative estimate of drug-likeness (QED) is 0.383. The fraction of sp³-hybridized carbons (Fsp3) is 0.645. The first-order chi connectivity index (χ1) is 19.6. The summed E-state index contributed by atoms with van der Waals surface area (Å²) >= 11 is 0. The number of oxime groups is 1. The standard InChI is InChI=1S/C31H41N5O5/c1-31(2,30(39)40)41-34-26(28(32)37)27-29(38)36(25-12-4-3-11-24(25)33-27)23-16-20-9-6-10-21(17-23)35(20)22-14-18-7-5-8-19(13-18)15-22/h3-4,11-12,18-23H,5-10,13-17H2,1-2H3,(H2,32,37)(H,39,40)/b34-26-/t18-,19+,20-,21+,22?,23?. The predicted molar refractivity (Wildman–Crippen MR) is 155 cm³/mol. The molecular formula is C31H41N5O5. The van der Waals surface area contributed by atoms with Crippen LogP contribution in [-0.2, 0) is 14.4 Å². The van der Waals surface area contributed by atoms with Crippen molar-refractivity contribution in [3.8, 4) is 0 Å². The molecular weight excluding hydrogens is 522 g/mol. The minimum Gasteiger partial charge on any atom is -0.478 e. The normalized spacial score (nSPS) is 30.6. The molecule has 2 aliphatic carbocycles. The molecule has 2 saturated heterocycles. The Hall–Kier alpha value is -3.27. The van der Waals surface area contributed by atoms with Crippen molar-refractivity contribution in [1.29, 1.82) is 0 Å². The lowest BCUT2D eigenvalue weighted by atomic mass is 9.68. The molecule has 3 heterocycles. The van der Waals surface area contributed by atoms with Gasteiger partial charge in [-0.05, 0) is 82.8 Å². The van der Waals surface area contributed by atoms with E-state index in [-0.39, 0.29) is 11.7 Å². The van der Waals surface area contributed by atoms with Crippen LogP contribution in [0.4, 0.5) is 0 Å². The van der Waals surface area contributed by atoms with Crippen molar-refractivity contribution in [2.75, 3.05) is 0 Å². The van der Waals surface area contributed by atoms with Crippen molar-refractivity contribution in [3.63, 3.8) is 0 Å². The molecule has 3 N–H and O–H groups in total. The molecule has 41 heavy (non-hydrogen) atoms. The fourth-order valence-electron chi connectivity index (χ4n) is 8.21. The van der Waals surface area contributed by atoms with Crippen molar-refractivity contribution >= 4 is 28.6 Å². The number of aromatic nitrogens is 2. The molecule has 0 radical (unpaired) electrons. The van der Waals surface area contributed by atoms with Gasteiger partial charge in [0.2, 0.25) is 5.60 Å². The Kier molecular flexibility index (Phi) is 7.38. The van der Waals surface area contributed by atoms with Gasteiger partial charge in [0.25, 0.3) is 11.5 Å². The number of fused-ring (bicyclic) bond motifs is 5. The van der Waals surface area contributed by atoms with Gasteiger partial charge in [-0.3, -0.25) is 14.5 Å². The summed E-state index contributed by atoms with van der Waals surface area (Å²) in [4.78, 5) is 50.7. The Balaban J connectivity index is 1.37. The number of piperidine rings is 2. The lowest BCUT2D eigenvalue weighted by Gasteiger charge is -2.55. The van der Waals surface area contributed by atoms with Gasteiger partial charge in [-0.25, -0.2) is 9.78 Å². The number of aliphatic carboxylic acids is 1. The van der Waals surface area contributed by atoms with Gasteiger partial charge < -0.3 is 20.2 Å². The second kappa shape index (κ2) is 10.9. The topological polar surface area (TPSA) is 140 Å². The van der Waals surface area contributed by atoms with Crippen molar-refractivity contribution in [3.05, 3.63) is 40.3 Å². The summed E-state index contributed by atoms with van der Waals surface area (Å²) in [7, 11) is 0. The maximum absolute atomic E-state index is 14.1. The Bertz CT molecular complexity index is 1410. The lowest BCUT2D eigenvalue weighted by Crippen LogP contribution is -2.58. The van der Waals surface area contributed by atoms with Gasteiger partial charge in [0.1, 0.15) is 0 Å². The Morgan fingerprint density at radius 1 is 0.951 bits per heavy atom. The summed E-state index contributed by atoms with van der Waals surface area (Å²) in [6.45, 7) is 2.60. The molecule has 10 nitrogen and oxygen atoms in total. The summed E-state index contributed by atoms with van der Waals surface area (Å²) in [6.07, 6.45) is 13.4. The Morgan fingerprint density at radius 2 is 1.59 bits per heavy atom. The van der Waals surface area contributed by atoms with Gasteiger partial charge in [0.05, 0.1) is 11.0 Å². The van der Waals surface area contributed by atoms with E-state index >= 15 is 0 Å². The van der Waals surface area contributed by atoms with E-state index in [1.165, 1.54) is 58.8 Å². The average Bonchev–Trinajstić information content (AvgIpc) is 2.92. The van der Waals surface area contributed by atoms with Crippen molar-refractivity contribution < 1.29 is 19.5 Å². The number of carbonyl (C=O) groups excluding carboxylic acids is 1. The molecule has 2 saturated carbocycles. The third-order valence-electron chi connectivity index (χ3n) is 10.0. The number of amides is 1. The zero-order chi connectivity index (χ0) is 28.9. The van der Waals surface area contributed by atoms with E-state index in [1.807, 2.05) is 18.2 Å². The van der Waals surface area contributed by atoms with E-state index in [4.69, 9.17) is 10.6 Å². The number of carboxylic acids is 1. The van der Waals surface area contributed by atoms with Crippen LogP contribution in [0.1, 0.15) is 96.2 Å². The van der Waals surface area contributed by atoms with Crippen LogP contribution in [0.15, 0.2) is 34.2 Å². The minimum absolute atomic E-state index is 0.0608. The van der Waals surface area contributed by atoms with Gasteiger partial charge in [0.15, 0.2) is 11.4 Å². The van der Waals surface area contributed by atoms with Gasteiger partial charge >= 0.3 is 5.97 Å². The van der Waals surface area contributed by atoms with Crippen LogP contribution in [0.3, 0.4) is 0 Å². The number of benzene rings is 1. The molecule has 6 atom stereocenters. The first-order valence-electron chi connectivity index (χ1n) is 15.2. The largest absolute Gasteiger partial charge is 0.478 e. The zero-order valence-corrected chi connectivity index (χ0v) is 24.0. The monoisotopic (exact) mass is 563 g/mol. The zero-order valence-electron chi connectivity index (χ0n) is 24.0. The Morgan fingerprint density at radius 3 is 2.22 bits per heavy atom. The smallest absolute Gasteiger partial charge is 0.350 e. The molecule has 220 valence electrons. The van der Waals surface area contributed by atoms with Gasteiger partial charge in [0, 0.05) is 24.2 Å². The molecule has 4 bridgehead atoms. The van der Waals surface area contributed by atoms with Crippen LogP contribution in [0.5, 0.6) is 0 Å². The fourth-order valence-corrected chi connectivity index (χ4v) is 8.21. The number of hydrogen-bond donors (Lipinski definition) is 2. The third-order valence-corrected chi connectivity index (χ3v) is 10.0. The van der Waals surface area contributed by atoms with Crippen LogP contribution in [0.2, 0.25) is 0 Å². The number of carboxylic acid groups (broad SMARTS) is 1. The minimum atomic E-state index is -1.72. The summed E-state index contributed by atoms with van der Waals surface area (Å²) in [6, 6.07) is 8.82. The highest BCUT2D eigenvalue weighted by Crippen LogP contribution is 2.47. The molecule has 1 aromatic carbocycles. The van der Waals surface area contributed by atoms with Crippen molar-refractivity contribution in [1.82, 2.24) is 14.5 Å². The maximum Gasteiger partial charge on any atom is 0.350 e. The van der Waals surface area contributed by atoms with Crippen LogP contribution < -0.4 is 11.3 Å². The second-order valence-electron chi connectivity index (χ2n) is 13.2. The highest BCUT2D eigenvalue weighted by Gasteiger charge is 2.45. The van der Waals surface area contributed by atoms with E-state index in [0.29, 0.717) is 29.2 Å². The van der Waals surface area contributed by atoms with Crippen molar-refractivity contribution in [2.24, 2.45) is 22.7 Å². The average molecular weight is 564 g/mol. The number of nitrogens with two attached hydrogens (primary N) is 1. The number of rotatable bonds is 7. The van der Waals surface area contributed by atoms with E-state index in [9.17, 15) is 19.5 Å². The van der Waals surface area contributed by atoms with Crippen LogP contribution in [0, 0.1) is 11.8 Å². The van der Waals surface area contributed by atoms with E-state index < -0.39 is 28.7 Å². The molecule has 2 aliphatic heterocycles. The molecule has 0 spiro atoms. The lowest BCUT2D eigenvalue weighted by molar-refractivity contribution is -0.161. The molecule has 6 rings (SSSR count).